The summed E-state index contributed by atoms with van der Waals surface area (Å²) in [6.07, 6.45) is 11.6. The Morgan fingerprint density at radius 2 is 0.941 bits per heavy atom. The van der Waals surface area contributed by atoms with Gasteiger partial charge in [-0.25, -0.2) is 0 Å². The van der Waals surface area contributed by atoms with Crippen LogP contribution >= 0.6 is 0 Å². The predicted molar refractivity (Wildman–Crippen MR) is 136 cm³/mol. The molecule has 4 aromatic rings. The Hall–Kier alpha value is -3.74. The summed E-state index contributed by atoms with van der Waals surface area (Å²) in [4.78, 5) is 22.3. The highest BCUT2D eigenvalue weighted by Gasteiger charge is 2.05. The van der Waals surface area contributed by atoms with Crippen LogP contribution in [0.1, 0.15) is 33.9 Å². The lowest BCUT2D eigenvalue weighted by Gasteiger charge is -2.16. The number of rotatable bonds is 10. The van der Waals surface area contributed by atoms with Crippen LogP contribution in [-0.4, -0.2) is 43.8 Å². The maximum atomic E-state index is 4.54. The van der Waals surface area contributed by atoms with E-state index in [2.05, 4.69) is 68.1 Å². The fraction of sp³-hybridized carbons (Fsp3) is 0.214. The van der Waals surface area contributed by atoms with Crippen molar-refractivity contribution in [1.29, 1.82) is 0 Å². The second kappa shape index (κ2) is 11.9. The zero-order chi connectivity index (χ0) is 23.6. The van der Waals surface area contributed by atoms with E-state index in [1.807, 2.05) is 73.3 Å². The van der Waals surface area contributed by atoms with Crippen LogP contribution in [0.5, 0.6) is 0 Å². The van der Waals surface area contributed by atoms with E-state index in [0.29, 0.717) is 0 Å². The zero-order valence-electron chi connectivity index (χ0n) is 19.7. The summed E-state index contributed by atoms with van der Waals surface area (Å²) >= 11 is 0. The van der Waals surface area contributed by atoms with Gasteiger partial charge in [-0.15, -0.1) is 0 Å². The molecular formula is C28H30N6. The lowest BCUT2D eigenvalue weighted by atomic mass is 10.1. The van der Waals surface area contributed by atoms with Gasteiger partial charge < -0.3 is 0 Å². The molecule has 0 spiro atoms. The van der Waals surface area contributed by atoms with Crippen molar-refractivity contribution in [2.75, 3.05) is 14.1 Å². The quantitative estimate of drug-likeness (QED) is 0.349. The van der Waals surface area contributed by atoms with E-state index in [0.717, 1.165) is 60.1 Å². The van der Waals surface area contributed by atoms with Crippen molar-refractivity contribution in [2.24, 2.45) is 0 Å². The van der Waals surface area contributed by atoms with Crippen molar-refractivity contribution in [2.45, 2.75) is 26.2 Å². The largest absolute Gasteiger partial charge is 0.295 e. The molecule has 4 aromatic heterocycles. The molecule has 0 aliphatic rings. The highest BCUT2D eigenvalue weighted by molar-refractivity contribution is 5.69. The number of pyridine rings is 4. The molecule has 4 heterocycles. The van der Waals surface area contributed by atoms with E-state index < -0.39 is 0 Å². The summed E-state index contributed by atoms with van der Waals surface area (Å²) in [5.74, 6) is 0. The molecule has 172 valence electrons. The Balaban J connectivity index is 1.35. The van der Waals surface area contributed by atoms with E-state index in [1.165, 1.54) is 0 Å². The number of hydrogen-bond donors (Lipinski definition) is 0. The molecule has 0 radical (unpaired) electrons. The molecule has 0 bridgehead atoms. The van der Waals surface area contributed by atoms with E-state index in [1.54, 1.807) is 0 Å². The highest BCUT2D eigenvalue weighted by Crippen LogP contribution is 2.13. The van der Waals surface area contributed by atoms with Crippen molar-refractivity contribution in [1.82, 2.24) is 29.7 Å². The van der Waals surface area contributed by atoms with E-state index in [4.69, 9.17) is 0 Å². The van der Waals surface area contributed by atoms with Crippen LogP contribution < -0.4 is 0 Å². The zero-order valence-corrected chi connectivity index (χ0v) is 19.7. The molecule has 0 atom stereocenters. The third kappa shape index (κ3) is 7.40. The van der Waals surface area contributed by atoms with Crippen molar-refractivity contribution in [3.8, 4) is 0 Å². The summed E-state index contributed by atoms with van der Waals surface area (Å²) < 4.78 is 0. The van der Waals surface area contributed by atoms with Crippen LogP contribution in [0.25, 0.3) is 12.2 Å². The first-order valence-corrected chi connectivity index (χ1v) is 11.4. The highest BCUT2D eigenvalue weighted by atomic mass is 15.1. The topological polar surface area (TPSA) is 58.0 Å². The molecular weight excluding hydrogens is 420 g/mol. The molecule has 0 aliphatic carbocycles. The molecule has 0 N–H and O–H groups in total. The van der Waals surface area contributed by atoms with Crippen LogP contribution in [0.3, 0.4) is 0 Å². The van der Waals surface area contributed by atoms with Gasteiger partial charge in [-0.05, 0) is 73.8 Å². The molecule has 34 heavy (non-hydrogen) atoms. The molecule has 6 heteroatoms. The summed E-state index contributed by atoms with van der Waals surface area (Å²) in [7, 11) is 4.17. The van der Waals surface area contributed by atoms with Crippen molar-refractivity contribution >= 4 is 12.2 Å². The molecule has 0 aromatic carbocycles. The van der Waals surface area contributed by atoms with E-state index in [9.17, 15) is 0 Å². The van der Waals surface area contributed by atoms with Gasteiger partial charge in [0.25, 0.3) is 0 Å². The minimum Gasteiger partial charge on any atom is -0.295 e. The summed E-state index contributed by atoms with van der Waals surface area (Å²) in [6.45, 7) is 3.11. The molecule has 0 saturated heterocycles. The summed E-state index contributed by atoms with van der Waals surface area (Å²) in [6, 6.07) is 20.3. The SMILES string of the molecule is CN(Cc1ccccn1)Cc1cc(C=Cc2ccnc(CN(C)Cc3ccccn3)c2)ccn1. The monoisotopic (exact) mass is 450 g/mol. The molecule has 0 aliphatic heterocycles. The first-order chi connectivity index (χ1) is 16.6. The van der Waals surface area contributed by atoms with Gasteiger partial charge in [0, 0.05) is 51.0 Å². The third-order valence-corrected chi connectivity index (χ3v) is 5.33. The lowest BCUT2D eigenvalue weighted by Crippen LogP contribution is -2.18. The molecule has 0 fully saturated rings. The predicted octanol–water partition coefficient (Wildman–Crippen LogP) is 4.70. The lowest BCUT2D eigenvalue weighted by molar-refractivity contribution is 0.311. The fourth-order valence-corrected chi connectivity index (χ4v) is 3.77. The van der Waals surface area contributed by atoms with Gasteiger partial charge in [0.05, 0.1) is 22.8 Å². The van der Waals surface area contributed by atoms with Crippen molar-refractivity contribution < 1.29 is 0 Å². The smallest absolute Gasteiger partial charge is 0.0549 e. The minimum atomic E-state index is 0.764. The number of aromatic nitrogens is 4. The maximum Gasteiger partial charge on any atom is 0.0549 e. The van der Waals surface area contributed by atoms with Gasteiger partial charge in [-0.3, -0.25) is 29.7 Å². The molecule has 0 saturated carbocycles. The van der Waals surface area contributed by atoms with E-state index in [-0.39, 0.29) is 0 Å². The Bertz CT molecular complexity index is 1100. The van der Waals surface area contributed by atoms with Gasteiger partial charge in [-0.2, -0.15) is 0 Å². The average molecular weight is 451 g/mol. The van der Waals surface area contributed by atoms with Crippen LogP contribution in [0, 0.1) is 0 Å². The minimum absolute atomic E-state index is 0.764. The van der Waals surface area contributed by atoms with Crippen LogP contribution in [0.4, 0.5) is 0 Å². The maximum absolute atomic E-state index is 4.54. The summed E-state index contributed by atoms with van der Waals surface area (Å²) in [5, 5.41) is 0. The third-order valence-electron chi connectivity index (χ3n) is 5.33. The fourth-order valence-electron chi connectivity index (χ4n) is 3.77. The Morgan fingerprint density at radius 3 is 1.35 bits per heavy atom. The van der Waals surface area contributed by atoms with Crippen LogP contribution in [0.15, 0.2) is 85.5 Å². The Kier molecular flexibility index (Phi) is 8.22. The van der Waals surface area contributed by atoms with Gasteiger partial charge in [0.1, 0.15) is 0 Å². The van der Waals surface area contributed by atoms with Crippen molar-refractivity contribution in [3.63, 3.8) is 0 Å². The van der Waals surface area contributed by atoms with Crippen molar-refractivity contribution in [3.05, 3.63) is 119 Å². The second-order valence-corrected chi connectivity index (χ2v) is 8.48. The average Bonchev–Trinajstić information content (AvgIpc) is 2.84. The van der Waals surface area contributed by atoms with Gasteiger partial charge in [0.2, 0.25) is 0 Å². The van der Waals surface area contributed by atoms with Crippen LogP contribution in [0.2, 0.25) is 0 Å². The molecule has 4 rings (SSSR count). The summed E-state index contributed by atoms with van der Waals surface area (Å²) in [5.41, 5.74) is 6.43. The Morgan fingerprint density at radius 1 is 0.529 bits per heavy atom. The Labute approximate surface area is 201 Å². The number of hydrogen-bond acceptors (Lipinski definition) is 6. The molecule has 6 nitrogen and oxygen atoms in total. The molecule has 0 unspecified atom stereocenters. The second-order valence-electron chi connectivity index (χ2n) is 8.48. The van der Waals surface area contributed by atoms with Gasteiger partial charge >= 0.3 is 0 Å². The van der Waals surface area contributed by atoms with Gasteiger partial charge in [-0.1, -0.05) is 24.3 Å². The van der Waals surface area contributed by atoms with E-state index >= 15 is 0 Å². The van der Waals surface area contributed by atoms with Crippen LogP contribution in [-0.2, 0) is 26.2 Å². The standard InChI is InChI=1S/C28H30N6/c1-33(19-25-7-3-5-13-29-25)21-27-17-23(11-15-31-27)9-10-24-12-16-32-28(18-24)22-34(2)20-26-8-4-6-14-30-26/h3-18H,19-22H2,1-2H3. The molecule has 0 amide bonds. The first-order valence-electron chi connectivity index (χ1n) is 11.4. The van der Waals surface area contributed by atoms with Gasteiger partial charge in [0.15, 0.2) is 0 Å². The number of nitrogens with zero attached hydrogens (tertiary/aromatic N) is 6. The first kappa shape index (κ1) is 23.4. The normalized spacial score (nSPS) is 11.5.